The Labute approximate surface area is 101 Å². The predicted molar refractivity (Wildman–Crippen MR) is 64.7 cm³/mol. The van der Waals surface area contributed by atoms with Gasteiger partial charge in [-0.1, -0.05) is 12.1 Å². The molecule has 0 aliphatic heterocycles. The Morgan fingerprint density at radius 1 is 1.35 bits per heavy atom. The molecule has 0 bridgehead atoms. The van der Waals surface area contributed by atoms with Gasteiger partial charge >= 0.3 is 5.97 Å². The van der Waals surface area contributed by atoms with Gasteiger partial charge in [0.05, 0.1) is 10.1 Å². The van der Waals surface area contributed by atoms with Crippen LogP contribution in [0.15, 0.2) is 29.2 Å². The topological polar surface area (TPSA) is 71.4 Å². The first-order valence-electron chi connectivity index (χ1n) is 5.38. The van der Waals surface area contributed by atoms with Crippen molar-refractivity contribution in [2.75, 3.05) is 0 Å². The van der Waals surface area contributed by atoms with Crippen molar-refractivity contribution < 1.29 is 18.3 Å². The Morgan fingerprint density at radius 2 is 2.00 bits per heavy atom. The minimum absolute atomic E-state index is 0.00514. The van der Waals surface area contributed by atoms with Crippen LogP contribution in [0.1, 0.15) is 25.8 Å². The Hall–Kier alpha value is -1.36. The van der Waals surface area contributed by atoms with E-state index >= 15 is 0 Å². The normalized spacial score (nSPS) is 11.7. The predicted octanol–water partition coefficient (Wildman–Crippen LogP) is 1.89. The van der Waals surface area contributed by atoms with Gasteiger partial charge in [-0.2, -0.15) is 0 Å². The minimum atomic E-state index is -3.29. The molecule has 0 unspecified atom stereocenters. The first-order chi connectivity index (χ1) is 7.84. The Morgan fingerprint density at radius 3 is 2.53 bits per heavy atom. The maximum Gasteiger partial charge on any atom is 0.303 e. The van der Waals surface area contributed by atoms with Crippen LogP contribution < -0.4 is 0 Å². The van der Waals surface area contributed by atoms with Crippen LogP contribution in [-0.2, 0) is 21.1 Å². The lowest BCUT2D eigenvalue weighted by molar-refractivity contribution is -0.136. The molecule has 1 rings (SSSR count). The van der Waals surface area contributed by atoms with Crippen LogP contribution in [0.2, 0.25) is 0 Å². The molecule has 0 spiro atoms. The maximum absolute atomic E-state index is 11.9. The van der Waals surface area contributed by atoms with Crippen molar-refractivity contribution in [1.29, 1.82) is 0 Å². The molecule has 0 atom stereocenters. The van der Waals surface area contributed by atoms with Gasteiger partial charge in [-0.3, -0.25) is 4.79 Å². The molecular formula is C12H16O4S. The van der Waals surface area contributed by atoms with E-state index in [0.29, 0.717) is 6.42 Å². The highest BCUT2D eigenvalue weighted by molar-refractivity contribution is 7.92. The summed E-state index contributed by atoms with van der Waals surface area (Å²) in [6, 6.07) is 6.48. The van der Waals surface area contributed by atoms with Crippen molar-refractivity contribution in [3.05, 3.63) is 29.8 Å². The summed E-state index contributed by atoms with van der Waals surface area (Å²) in [7, 11) is -3.29. The van der Waals surface area contributed by atoms with Gasteiger partial charge in [-0.15, -0.1) is 0 Å². The molecule has 0 saturated heterocycles. The minimum Gasteiger partial charge on any atom is -0.481 e. The molecule has 1 aromatic carbocycles. The molecule has 0 aliphatic rings. The summed E-state index contributed by atoms with van der Waals surface area (Å²) in [6.07, 6.45) is 0.349. The lowest BCUT2D eigenvalue weighted by atomic mass is 10.1. The molecule has 4 nitrogen and oxygen atoms in total. The van der Waals surface area contributed by atoms with Gasteiger partial charge in [0.1, 0.15) is 0 Å². The lowest BCUT2D eigenvalue weighted by Crippen LogP contribution is -2.14. The molecular weight excluding hydrogens is 240 g/mol. The van der Waals surface area contributed by atoms with E-state index in [1.165, 1.54) is 0 Å². The largest absolute Gasteiger partial charge is 0.481 e. The zero-order valence-electron chi connectivity index (χ0n) is 9.88. The second-order valence-corrected chi connectivity index (χ2v) is 6.64. The molecule has 0 amide bonds. The lowest BCUT2D eigenvalue weighted by Gasteiger charge is -2.09. The van der Waals surface area contributed by atoms with Gasteiger partial charge in [-0.25, -0.2) is 8.42 Å². The average Bonchev–Trinajstić information content (AvgIpc) is 2.26. The van der Waals surface area contributed by atoms with Crippen molar-refractivity contribution >= 4 is 15.8 Å². The standard InChI is InChI=1S/C12H16O4S/c1-9(2)17(15,16)11-5-3-4-10(8-11)6-7-12(13)14/h3-5,8-9H,6-7H2,1-2H3,(H,13,14). The van der Waals surface area contributed by atoms with E-state index in [4.69, 9.17) is 5.11 Å². The monoisotopic (exact) mass is 256 g/mol. The first kappa shape index (κ1) is 13.7. The smallest absolute Gasteiger partial charge is 0.303 e. The SMILES string of the molecule is CC(C)S(=O)(=O)c1cccc(CCC(=O)O)c1. The van der Waals surface area contributed by atoms with Gasteiger partial charge in [-0.05, 0) is 38.0 Å². The fourth-order valence-corrected chi connectivity index (χ4v) is 2.53. The highest BCUT2D eigenvalue weighted by Gasteiger charge is 2.19. The van der Waals surface area contributed by atoms with E-state index in [0.717, 1.165) is 5.56 Å². The van der Waals surface area contributed by atoms with Gasteiger partial charge in [0.2, 0.25) is 0 Å². The fourth-order valence-electron chi connectivity index (χ4n) is 1.40. The summed E-state index contributed by atoms with van der Waals surface area (Å²) in [4.78, 5) is 10.7. The van der Waals surface area contributed by atoms with Crippen LogP contribution in [0, 0.1) is 0 Å². The molecule has 0 heterocycles. The van der Waals surface area contributed by atoms with Crippen LogP contribution in [0.25, 0.3) is 0 Å². The molecule has 0 saturated carbocycles. The van der Waals surface area contributed by atoms with Crippen molar-refractivity contribution in [1.82, 2.24) is 0 Å². The highest BCUT2D eigenvalue weighted by atomic mass is 32.2. The molecule has 0 fully saturated rings. The number of hydrogen-bond acceptors (Lipinski definition) is 3. The van der Waals surface area contributed by atoms with E-state index in [2.05, 4.69) is 0 Å². The Balaban J connectivity index is 2.98. The third-order valence-corrected chi connectivity index (χ3v) is 4.63. The number of aliphatic carboxylic acids is 1. The Bertz CT molecular complexity index is 503. The first-order valence-corrected chi connectivity index (χ1v) is 6.93. The van der Waals surface area contributed by atoms with Crippen LogP contribution in [-0.4, -0.2) is 24.7 Å². The van der Waals surface area contributed by atoms with Gasteiger partial charge in [0, 0.05) is 6.42 Å². The van der Waals surface area contributed by atoms with Crippen LogP contribution in [0.4, 0.5) is 0 Å². The summed E-state index contributed by atoms with van der Waals surface area (Å²) in [5.74, 6) is -0.887. The number of hydrogen-bond donors (Lipinski definition) is 1. The summed E-state index contributed by atoms with van der Waals surface area (Å²) < 4.78 is 23.8. The highest BCUT2D eigenvalue weighted by Crippen LogP contribution is 2.17. The second kappa shape index (κ2) is 5.31. The van der Waals surface area contributed by atoms with E-state index < -0.39 is 21.1 Å². The van der Waals surface area contributed by atoms with Crippen LogP contribution in [0.3, 0.4) is 0 Å². The third kappa shape index (κ3) is 3.56. The summed E-state index contributed by atoms with van der Waals surface area (Å²) in [6.45, 7) is 3.25. The summed E-state index contributed by atoms with van der Waals surface area (Å²) in [5.41, 5.74) is 0.731. The summed E-state index contributed by atoms with van der Waals surface area (Å²) >= 11 is 0. The van der Waals surface area contributed by atoms with Gasteiger partial charge < -0.3 is 5.11 Å². The van der Waals surface area contributed by atoms with Crippen LogP contribution >= 0.6 is 0 Å². The van der Waals surface area contributed by atoms with E-state index in [-0.39, 0.29) is 11.3 Å². The maximum atomic E-state index is 11.9. The third-order valence-electron chi connectivity index (χ3n) is 2.48. The number of carbonyl (C=O) groups is 1. The van der Waals surface area contributed by atoms with Crippen molar-refractivity contribution in [2.24, 2.45) is 0 Å². The molecule has 1 aromatic rings. The number of benzene rings is 1. The second-order valence-electron chi connectivity index (χ2n) is 4.13. The number of rotatable bonds is 5. The molecule has 0 radical (unpaired) electrons. The Kier molecular flexibility index (Phi) is 4.28. The number of aryl methyl sites for hydroxylation is 1. The number of carboxylic acids is 1. The molecule has 17 heavy (non-hydrogen) atoms. The van der Waals surface area contributed by atoms with E-state index in [9.17, 15) is 13.2 Å². The van der Waals surface area contributed by atoms with E-state index in [1.807, 2.05) is 0 Å². The molecule has 94 valence electrons. The van der Waals surface area contributed by atoms with Crippen molar-refractivity contribution in [2.45, 2.75) is 36.8 Å². The molecule has 1 N–H and O–H groups in total. The number of sulfone groups is 1. The van der Waals surface area contributed by atoms with Crippen LogP contribution in [0.5, 0.6) is 0 Å². The molecule has 0 aromatic heterocycles. The van der Waals surface area contributed by atoms with E-state index in [1.54, 1.807) is 38.1 Å². The zero-order chi connectivity index (χ0) is 13.1. The summed E-state index contributed by atoms with van der Waals surface area (Å²) in [5, 5.41) is 8.10. The zero-order valence-corrected chi connectivity index (χ0v) is 10.7. The average molecular weight is 256 g/mol. The van der Waals surface area contributed by atoms with Gasteiger partial charge in [0.15, 0.2) is 9.84 Å². The van der Waals surface area contributed by atoms with Crippen molar-refractivity contribution in [3.63, 3.8) is 0 Å². The van der Waals surface area contributed by atoms with Crippen molar-refractivity contribution in [3.8, 4) is 0 Å². The molecule has 5 heteroatoms. The quantitative estimate of drug-likeness (QED) is 0.873. The van der Waals surface area contributed by atoms with Gasteiger partial charge in [0.25, 0.3) is 0 Å². The molecule has 0 aliphatic carbocycles. The number of carboxylic acid groups (broad SMARTS) is 1. The fraction of sp³-hybridized carbons (Fsp3) is 0.417.